The fourth-order valence-electron chi connectivity index (χ4n) is 1.24. The number of imidazole rings is 1. The van der Waals surface area contributed by atoms with Crippen molar-refractivity contribution in [3.63, 3.8) is 0 Å². The SMILES string of the molecule is Nc1nc2c(ncn2OP(=O)(OF)OP(=O)(O)O)c(=O)[nH]1. The summed E-state index contributed by atoms with van der Waals surface area (Å²) in [4.78, 5) is 37.6. The second kappa shape index (κ2) is 5.18. The molecule has 0 spiro atoms. The van der Waals surface area contributed by atoms with Crippen LogP contribution in [0.3, 0.4) is 0 Å². The standard InChI is InChI=1S/C5H6FN5O8P2/c6-17-21(16,19-20(13,14)15)18-11-1-8-2-3(11)9-5(7)10-4(2)12/h1H,(H2,13,14,15)(H3,7,9,10,12). The van der Waals surface area contributed by atoms with Gasteiger partial charge in [0.2, 0.25) is 11.6 Å². The van der Waals surface area contributed by atoms with Crippen molar-refractivity contribution in [3.05, 3.63) is 16.7 Å². The number of rotatable bonds is 5. The zero-order valence-corrected chi connectivity index (χ0v) is 11.4. The summed E-state index contributed by atoms with van der Waals surface area (Å²) < 4.78 is 45.4. The third-order valence-electron chi connectivity index (χ3n) is 1.87. The summed E-state index contributed by atoms with van der Waals surface area (Å²) in [6.07, 6.45) is 0.709. The van der Waals surface area contributed by atoms with Crippen LogP contribution >= 0.6 is 15.6 Å². The van der Waals surface area contributed by atoms with Crippen LogP contribution in [0.5, 0.6) is 0 Å². The fraction of sp³-hybridized carbons (Fsp3) is 0. The van der Waals surface area contributed by atoms with Crippen molar-refractivity contribution in [1.29, 1.82) is 0 Å². The van der Waals surface area contributed by atoms with Crippen LogP contribution in [0.15, 0.2) is 11.1 Å². The van der Waals surface area contributed by atoms with Gasteiger partial charge in [0.15, 0.2) is 5.52 Å². The van der Waals surface area contributed by atoms with Gasteiger partial charge in [-0.05, 0) is 4.53 Å². The molecule has 1 atom stereocenters. The monoisotopic (exact) mass is 345 g/mol. The van der Waals surface area contributed by atoms with E-state index in [1.807, 2.05) is 0 Å². The highest BCUT2D eigenvalue weighted by Crippen LogP contribution is 2.59. The van der Waals surface area contributed by atoms with E-state index in [0.29, 0.717) is 11.1 Å². The number of fused-ring (bicyclic) bond motifs is 1. The highest BCUT2D eigenvalue weighted by atomic mass is 31.3. The Hall–Kier alpha value is -1.82. The summed E-state index contributed by atoms with van der Waals surface area (Å²) in [6.45, 7) is 0. The molecule has 0 aliphatic rings. The number of halogens is 1. The van der Waals surface area contributed by atoms with E-state index < -0.39 is 26.9 Å². The molecule has 0 saturated carbocycles. The Labute approximate surface area is 113 Å². The van der Waals surface area contributed by atoms with E-state index in [2.05, 4.69) is 28.6 Å². The maximum Gasteiger partial charge on any atom is 0.590 e. The van der Waals surface area contributed by atoms with Crippen LogP contribution in [-0.4, -0.2) is 29.5 Å². The Morgan fingerprint density at radius 1 is 1.43 bits per heavy atom. The summed E-state index contributed by atoms with van der Waals surface area (Å²) in [5.41, 5.74) is 3.73. The summed E-state index contributed by atoms with van der Waals surface area (Å²) >= 11 is 0. The molecule has 0 saturated heterocycles. The van der Waals surface area contributed by atoms with Crippen LogP contribution in [0.25, 0.3) is 11.2 Å². The lowest BCUT2D eigenvalue weighted by Gasteiger charge is -2.13. The predicted octanol–water partition coefficient (Wildman–Crippen LogP) is -0.751. The summed E-state index contributed by atoms with van der Waals surface area (Å²) in [7, 11) is -10.7. The number of phosphoric acid groups is 2. The van der Waals surface area contributed by atoms with Gasteiger partial charge in [0.05, 0.1) is 0 Å². The van der Waals surface area contributed by atoms with Crippen LogP contribution in [0.4, 0.5) is 10.5 Å². The first-order chi connectivity index (χ1) is 9.63. The predicted molar refractivity (Wildman–Crippen MR) is 62.1 cm³/mol. The normalized spacial score (nSPS) is 15.0. The molecule has 0 fully saturated rings. The molecule has 1 unspecified atom stereocenters. The van der Waals surface area contributed by atoms with Crippen molar-refractivity contribution in [1.82, 2.24) is 19.7 Å². The highest BCUT2D eigenvalue weighted by Gasteiger charge is 2.40. The number of nitrogens with one attached hydrogen (secondary N) is 1. The van der Waals surface area contributed by atoms with Crippen molar-refractivity contribution >= 4 is 32.8 Å². The third-order valence-corrected chi connectivity index (χ3v) is 4.07. The first-order valence-electron chi connectivity index (χ1n) is 4.74. The Bertz CT molecular complexity index is 826. The number of hydrogen-bond acceptors (Lipinski definition) is 9. The minimum atomic E-state index is -5.40. The van der Waals surface area contributed by atoms with Gasteiger partial charge in [-0.1, -0.05) is 4.73 Å². The maximum absolute atomic E-state index is 12.2. The minimum Gasteiger partial charge on any atom is -0.369 e. The lowest BCUT2D eigenvalue weighted by molar-refractivity contribution is -0.0478. The van der Waals surface area contributed by atoms with Crippen molar-refractivity contribution in [3.8, 4) is 0 Å². The van der Waals surface area contributed by atoms with E-state index in [-0.39, 0.29) is 11.5 Å². The number of nitrogens with two attached hydrogens (primary N) is 1. The molecule has 0 aromatic carbocycles. The number of anilines is 1. The van der Waals surface area contributed by atoms with Crippen LogP contribution in [-0.2, 0) is 18.2 Å². The fourth-order valence-corrected chi connectivity index (χ4v) is 2.87. The molecule has 0 aliphatic carbocycles. The molecular formula is C5H6FN5O8P2. The van der Waals surface area contributed by atoms with Gasteiger partial charge in [-0.25, -0.2) is 14.1 Å². The average Bonchev–Trinajstić information content (AvgIpc) is 2.70. The second-order valence-corrected chi connectivity index (χ2v) is 6.19. The quantitative estimate of drug-likeness (QED) is 0.498. The molecule has 2 aromatic heterocycles. The van der Waals surface area contributed by atoms with E-state index >= 15 is 0 Å². The van der Waals surface area contributed by atoms with Crippen LogP contribution in [0.1, 0.15) is 0 Å². The Kier molecular flexibility index (Phi) is 3.84. The molecule has 13 nitrogen and oxygen atoms in total. The van der Waals surface area contributed by atoms with Crippen molar-refractivity contribution in [2.45, 2.75) is 0 Å². The van der Waals surface area contributed by atoms with Gasteiger partial charge in [0.25, 0.3) is 5.56 Å². The molecule has 0 amide bonds. The van der Waals surface area contributed by atoms with E-state index in [1.54, 1.807) is 0 Å². The van der Waals surface area contributed by atoms with Gasteiger partial charge < -0.3 is 20.1 Å². The van der Waals surface area contributed by atoms with Crippen molar-refractivity contribution in [2.24, 2.45) is 0 Å². The van der Waals surface area contributed by atoms with Crippen molar-refractivity contribution < 1.29 is 37.1 Å². The van der Waals surface area contributed by atoms with Crippen LogP contribution in [0.2, 0.25) is 0 Å². The lowest BCUT2D eigenvalue weighted by atomic mass is 10.5. The molecule has 0 aliphatic heterocycles. The molecule has 2 heterocycles. The molecule has 2 aromatic rings. The van der Waals surface area contributed by atoms with Gasteiger partial charge in [-0.2, -0.15) is 9.29 Å². The number of aromatic amines is 1. The third kappa shape index (κ3) is 3.44. The molecule has 16 heteroatoms. The average molecular weight is 345 g/mol. The topological polar surface area (TPSA) is 192 Å². The molecule has 0 radical (unpaired) electrons. The Morgan fingerprint density at radius 2 is 2.10 bits per heavy atom. The van der Waals surface area contributed by atoms with Gasteiger partial charge in [0, 0.05) is 0 Å². The first-order valence-corrected chi connectivity index (χ1v) is 7.73. The smallest absolute Gasteiger partial charge is 0.369 e. The van der Waals surface area contributed by atoms with Crippen molar-refractivity contribution in [2.75, 3.05) is 5.73 Å². The van der Waals surface area contributed by atoms with E-state index in [1.165, 1.54) is 0 Å². The number of nitrogen functional groups attached to an aromatic ring is 1. The first kappa shape index (κ1) is 15.6. The van der Waals surface area contributed by atoms with Gasteiger partial charge in [-0.3, -0.25) is 9.78 Å². The van der Waals surface area contributed by atoms with Gasteiger partial charge in [0.1, 0.15) is 6.33 Å². The van der Waals surface area contributed by atoms with Gasteiger partial charge >= 0.3 is 15.6 Å². The maximum atomic E-state index is 12.2. The molecule has 0 bridgehead atoms. The van der Waals surface area contributed by atoms with E-state index in [9.17, 15) is 18.5 Å². The Morgan fingerprint density at radius 3 is 2.67 bits per heavy atom. The van der Waals surface area contributed by atoms with Gasteiger partial charge in [-0.15, -0.1) is 4.73 Å². The zero-order chi connectivity index (χ0) is 15.8. The largest absolute Gasteiger partial charge is 0.590 e. The molecule has 21 heavy (non-hydrogen) atoms. The molecular weight excluding hydrogens is 339 g/mol. The highest BCUT2D eigenvalue weighted by molar-refractivity contribution is 7.61. The van der Waals surface area contributed by atoms with Crippen LogP contribution in [0, 0.1) is 0 Å². The number of nitrogens with zero attached hydrogens (tertiary/aromatic N) is 3. The second-order valence-electron chi connectivity index (χ2n) is 3.36. The molecule has 5 N–H and O–H groups in total. The minimum absolute atomic E-state index is 0.328. The lowest BCUT2D eigenvalue weighted by Crippen LogP contribution is -2.15. The number of H-pyrrole nitrogens is 1. The Balaban J connectivity index is 2.46. The number of aromatic nitrogens is 4. The van der Waals surface area contributed by atoms with E-state index in [0.717, 1.165) is 0 Å². The summed E-state index contributed by atoms with van der Waals surface area (Å²) in [5, 5.41) is 0. The van der Waals surface area contributed by atoms with E-state index in [4.69, 9.17) is 15.5 Å². The van der Waals surface area contributed by atoms with Crippen LogP contribution < -0.4 is 15.9 Å². The summed E-state index contributed by atoms with van der Waals surface area (Å²) in [6, 6.07) is 0. The molecule has 2 rings (SSSR count). The number of hydrogen-bond donors (Lipinski definition) is 4. The summed E-state index contributed by atoms with van der Waals surface area (Å²) in [5.74, 6) is -0.371. The zero-order valence-electron chi connectivity index (χ0n) is 9.61. The molecule has 116 valence electrons.